The SMILES string of the molecule is CN(CC(=O)Nc1ccc(Cl)c(C(F)(F)F)c1)C(=O)COC(=O)c1ccc(N)c([N+](=O)[O-])c1. The number of carbonyl (C=O) groups is 3. The lowest BCUT2D eigenvalue weighted by atomic mass is 10.2. The van der Waals surface area contributed by atoms with Crippen molar-refractivity contribution in [3.8, 4) is 0 Å². The average Bonchev–Trinajstić information content (AvgIpc) is 2.72. The fraction of sp³-hybridized carbons (Fsp3) is 0.211. The molecule has 0 bridgehead atoms. The van der Waals surface area contributed by atoms with Crippen LogP contribution in [0.15, 0.2) is 36.4 Å². The lowest BCUT2D eigenvalue weighted by molar-refractivity contribution is -0.383. The summed E-state index contributed by atoms with van der Waals surface area (Å²) in [6.07, 6.45) is -4.72. The third-order valence-electron chi connectivity index (χ3n) is 4.15. The van der Waals surface area contributed by atoms with Crippen LogP contribution >= 0.6 is 11.6 Å². The highest BCUT2D eigenvalue weighted by molar-refractivity contribution is 6.31. The Kier molecular flexibility index (Phi) is 7.82. The maximum absolute atomic E-state index is 12.9. The van der Waals surface area contributed by atoms with E-state index in [0.717, 1.165) is 29.2 Å². The number of benzene rings is 2. The highest BCUT2D eigenvalue weighted by Crippen LogP contribution is 2.36. The third kappa shape index (κ3) is 6.80. The van der Waals surface area contributed by atoms with E-state index in [9.17, 15) is 37.7 Å². The first-order valence-corrected chi connectivity index (χ1v) is 9.29. The predicted octanol–water partition coefficient (Wildman–Crippen LogP) is 3.10. The molecule has 176 valence electrons. The van der Waals surface area contributed by atoms with Gasteiger partial charge in [-0.25, -0.2) is 4.79 Å². The smallest absolute Gasteiger partial charge is 0.417 e. The standard InChI is InChI=1S/C19H16ClF3N4O6/c1-26(8-16(28)25-11-3-4-13(20)12(7-11)19(21,22)23)17(29)9-33-18(30)10-2-5-14(24)15(6-10)27(31)32/h2-7H,8-9,24H2,1H3,(H,25,28). The summed E-state index contributed by atoms with van der Waals surface area (Å²) in [4.78, 5) is 47.1. The normalized spacial score (nSPS) is 10.9. The maximum atomic E-state index is 12.9. The van der Waals surface area contributed by atoms with Crippen molar-refractivity contribution in [2.45, 2.75) is 6.18 Å². The van der Waals surface area contributed by atoms with E-state index in [1.807, 2.05) is 0 Å². The van der Waals surface area contributed by atoms with Crippen LogP contribution in [0.5, 0.6) is 0 Å². The molecule has 0 spiro atoms. The summed E-state index contributed by atoms with van der Waals surface area (Å²) in [5.41, 5.74) is 3.22. The van der Waals surface area contributed by atoms with E-state index in [0.29, 0.717) is 6.07 Å². The fourth-order valence-corrected chi connectivity index (χ4v) is 2.70. The van der Waals surface area contributed by atoms with E-state index in [1.165, 1.54) is 13.1 Å². The predicted molar refractivity (Wildman–Crippen MR) is 111 cm³/mol. The van der Waals surface area contributed by atoms with Gasteiger partial charge < -0.3 is 20.7 Å². The molecular formula is C19H16ClF3N4O6. The minimum absolute atomic E-state index is 0.165. The largest absolute Gasteiger partial charge is 0.452 e. The van der Waals surface area contributed by atoms with Crippen molar-refractivity contribution in [3.05, 3.63) is 62.7 Å². The Bertz CT molecular complexity index is 1110. The Hall–Kier alpha value is -3.87. The molecule has 3 N–H and O–H groups in total. The summed E-state index contributed by atoms with van der Waals surface area (Å²) < 4.78 is 43.5. The van der Waals surface area contributed by atoms with Gasteiger partial charge in [0.1, 0.15) is 5.69 Å². The number of likely N-dealkylation sites (N-methyl/N-ethyl adjacent to an activating group) is 1. The third-order valence-corrected chi connectivity index (χ3v) is 4.48. The number of nitrogen functional groups attached to an aromatic ring is 1. The summed E-state index contributed by atoms with van der Waals surface area (Å²) in [7, 11) is 1.20. The van der Waals surface area contributed by atoms with E-state index in [-0.39, 0.29) is 16.9 Å². The van der Waals surface area contributed by atoms with Crippen LogP contribution in [-0.2, 0) is 20.5 Å². The van der Waals surface area contributed by atoms with Crippen LogP contribution in [0, 0.1) is 10.1 Å². The number of carbonyl (C=O) groups excluding carboxylic acids is 3. The van der Waals surface area contributed by atoms with Crippen LogP contribution in [0.1, 0.15) is 15.9 Å². The molecule has 33 heavy (non-hydrogen) atoms. The summed E-state index contributed by atoms with van der Waals surface area (Å²) >= 11 is 5.51. The zero-order valence-electron chi connectivity index (χ0n) is 16.8. The molecule has 0 fully saturated rings. The van der Waals surface area contributed by atoms with Crippen molar-refractivity contribution in [2.75, 3.05) is 31.2 Å². The molecule has 2 rings (SSSR count). The van der Waals surface area contributed by atoms with Gasteiger partial charge in [0.25, 0.3) is 11.6 Å². The number of anilines is 2. The van der Waals surface area contributed by atoms with Crippen LogP contribution in [0.3, 0.4) is 0 Å². The minimum Gasteiger partial charge on any atom is -0.452 e. The second kappa shape index (κ2) is 10.2. The van der Waals surface area contributed by atoms with E-state index in [4.69, 9.17) is 22.1 Å². The van der Waals surface area contributed by atoms with Crippen molar-refractivity contribution >= 4 is 46.4 Å². The molecule has 10 nitrogen and oxygen atoms in total. The molecule has 14 heteroatoms. The molecule has 0 aliphatic rings. The minimum atomic E-state index is -4.72. The second-order valence-electron chi connectivity index (χ2n) is 6.60. The number of ether oxygens (including phenoxy) is 1. The quantitative estimate of drug-likeness (QED) is 0.263. The maximum Gasteiger partial charge on any atom is 0.417 e. The first-order valence-electron chi connectivity index (χ1n) is 8.91. The molecule has 0 aliphatic heterocycles. The lowest BCUT2D eigenvalue weighted by Gasteiger charge is -2.17. The Morgan fingerprint density at radius 3 is 2.48 bits per heavy atom. The van der Waals surface area contributed by atoms with Crippen molar-refractivity contribution in [2.24, 2.45) is 0 Å². The van der Waals surface area contributed by atoms with E-state index in [1.54, 1.807) is 0 Å². The molecule has 0 saturated carbocycles. The van der Waals surface area contributed by atoms with Crippen molar-refractivity contribution < 1.29 is 37.2 Å². The number of rotatable bonds is 7. The molecule has 0 heterocycles. The van der Waals surface area contributed by atoms with Gasteiger partial charge in [-0.05, 0) is 30.3 Å². The van der Waals surface area contributed by atoms with Crippen LogP contribution in [0.4, 0.5) is 30.2 Å². The van der Waals surface area contributed by atoms with Crippen LogP contribution in [0.2, 0.25) is 5.02 Å². The van der Waals surface area contributed by atoms with Crippen LogP contribution in [-0.4, -0.2) is 47.8 Å². The highest BCUT2D eigenvalue weighted by atomic mass is 35.5. The number of nitrogens with zero attached hydrogens (tertiary/aromatic N) is 2. The van der Waals surface area contributed by atoms with Gasteiger partial charge in [0.05, 0.1) is 27.6 Å². The Morgan fingerprint density at radius 1 is 1.21 bits per heavy atom. The van der Waals surface area contributed by atoms with Gasteiger partial charge >= 0.3 is 12.1 Å². The number of amides is 2. The van der Waals surface area contributed by atoms with E-state index in [2.05, 4.69) is 5.32 Å². The zero-order valence-corrected chi connectivity index (χ0v) is 17.6. The van der Waals surface area contributed by atoms with Crippen molar-refractivity contribution in [3.63, 3.8) is 0 Å². The summed E-state index contributed by atoms with van der Waals surface area (Å²) in [6, 6.07) is 5.97. The number of alkyl halides is 3. The molecule has 0 saturated heterocycles. The number of halogens is 4. The molecule has 0 aromatic heterocycles. The molecule has 2 aromatic rings. The Morgan fingerprint density at radius 2 is 1.88 bits per heavy atom. The average molecular weight is 489 g/mol. The number of esters is 1. The van der Waals surface area contributed by atoms with Gasteiger partial charge in [-0.15, -0.1) is 0 Å². The van der Waals surface area contributed by atoms with Crippen molar-refractivity contribution in [1.82, 2.24) is 4.90 Å². The zero-order chi connectivity index (χ0) is 24.9. The van der Waals surface area contributed by atoms with Gasteiger partial charge in [0, 0.05) is 18.8 Å². The number of hydrogen-bond donors (Lipinski definition) is 2. The van der Waals surface area contributed by atoms with Gasteiger partial charge in [-0.3, -0.25) is 19.7 Å². The van der Waals surface area contributed by atoms with E-state index >= 15 is 0 Å². The Labute approximate surface area is 189 Å². The first-order chi connectivity index (χ1) is 15.3. The van der Waals surface area contributed by atoms with Crippen LogP contribution in [0.25, 0.3) is 0 Å². The van der Waals surface area contributed by atoms with Gasteiger partial charge in [0.15, 0.2) is 6.61 Å². The van der Waals surface area contributed by atoms with Gasteiger partial charge in [0.2, 0.25) is 5.91 Å². The number of nitro groups is 1. The van der Waals surface area contributed by atoms with Crippen LogP contribution < -0.4 is 11.1 Å². The van der Waals surface area contributed by atoms with E-state index < -0.39 is 58.3 Å². The second-order valence-corrected chi connectivity index (χ2v) is 7.00. The molecule has 0 aliphatic carbocycles. The molecule has 2 amide bonds. The molecule has 0 unspecified atom stereocenters. The van der Waals surface area contributed by atoms with Gasteiger partial charge in [-0.1, -0.05) is 11.6 Å². The molecule has 0 radical (unpaired) electrons. The highest BCUT2D eigenvalue weighted by Gasteiger charge is 2.33. The Balaban J connectivity index is 1.93. The monoisotopic (exact) mass is 488 g/mol. The number of nitrogens with one attached hydrogen (secondary N) is 1. The molecule has 0 atom stereocenters. The first kappa shape index (κ1) is 25.4. The summed E-state index contributed by atoms with van der Waals surface area (Å²) in [6.45, 7) is -1.35. The number of hydrogen-bond acceptors (Lipinski definition) is 7. The number of nitrogens with two attached hydrogens (primary N) is 1. The molecular weight excluding hydrogens is 473 g/mol. The van der Waals surface area contributed by atoms with Crippen molar-refractivity contribution in [1.29, 1.82) is 0 Å². The lowest BCUT2D eigenvalue weighted by Crippen LogP contribution is -2.37. The summed E-state index contributed by atoms with van der Waals surface area (Å²) in [5, 5.41) is 12.5. The fourth-order valence-electron chi connectivity index (χ4n) is 2.47. The number of nitro benzene ring substituents is 1. The summed E-state index contributed by atoms with van der Waals surface area (Å²) in [5.74, 6) is -2.66. The van der Waals surface area contributed by atoms with Gasteiger partial charge in [-0.2, -0.15) is 13.2 Å². The topological polar surface area (TPSA) is 145 Å². The molecule has 2 aromatic carbocycles.